The van der Waals surface area contributed by atoms with E-state index in [0.29, 0.717) is 12.0 Å². The molecule has 0 aromatic carbocycles. The van der Waals surface area contributed by atoms with Gasteiger partial charge in [-0.15, -0.1) is 0 Å². The number of carbonyl (C=O) groups is 1. The second-order valence-corrected chi connectivity index (χ2v) is 4.21. The number of hydrogen-bond acceptors (Lipinski definition) is 1. The van der Waals surface area contributed by atoms with Crippen LogP contribution < -0.4 is 5.32 Å². The number of amides is 1. The van der Waals surface area contributed by atoms with Crippen molar-refractivity contribution in [1.82, 2.24) is 5.32 Å². The van der Waals surface area contributed by atoms with Crippen molar-refractivity contribution >= 4 is 5.91 Å². The lowest BCUT2D eigenvalue weighted by Crippen LogP contribution is -2.34. The highest BCUT2D eigenvalue weighted by Crippen LogP contribution is 2.29. The quantitative estimate of drug-likeness (QED) is 0.660. The number of rotatable bonds is 3. The third-order valence-corrected chi connectivity index (χ3v) is 3.07. The lowest BCUT2D eigenvalue weighted by atomic mass is 9.83. The Labute approximate surface area is 79.4 Å². The van der Waals surface area contributed by atoms with Crippen LogP contribution in [0.2, 0.25) is 0 Å². The van der Waals surface area contributed by atoms with Crippen molar-refractivity contribution in [1.29, 1.82) is 0 Å². The van der Waals surface area contributed by atoms with Crippen molar-refractivity contribution in [3.8, 4) is 0 Å². The minimum Gasteiger partial charge on any atom is -0.353 e. The first-order valence-electron chi connectivity index (χ1n) is 5.29. The fourth-order valence-corrected chi connectivity index (χ4v) is 1.98. The molecule has 0 saturated heterocycles. The van der Waals surface area contributed by atoms with E-state index in [1.54, 1.807) is 0 Å². The lowest BCUT2D eigenvalue weighted by molar-refractivity contribution is -0.123. The topological polar surface area (TPSA) is 29.1 Å². The minimum absolute atomic E-state index is 0.262. The van der Waals surface area contributed by atoms with Crippen molar-refractivity contribution in [2.75, 3.05) is 0 Å². The molecule has 2 aliphatic rings. The number of hydrogen-bond donors (Lipinski definition) is 1. The second-order valence-electron chi connectivity index (χ2n) is 4.21. The van der Waals surface area contributed by atoms with Crippen LogP contribution in [0.4, 0.5) is 0 Å². The van der Waals surface area contributed by atoms with E-state index >= 15 is 0 Å². The Balaban J connectivity index is 1.65. The molecular weight excluding hydrogens is 162 g/mol. The van der Waals surface area contributed by atoms with E-state index in [-0.39, 0.29) is 5.91 Å². The zero-order valence-corrected chi connectivity index (χ0v) is 7.96. The Kier molecular flexibility index (Phi) is 2.67. The Bertz CT molecular complexity index is 210. The average molecular weight is 179 g/mol. The van der Waals surface area contributed by atoms with Crippen molar-refractivity contribution in [2.24, 2.45) is 5.92 Å². The Hall–Kier alpha value is -0.790. The number of nitrogens with one attached hydrogen (secondary N) is 1. The Morgan fingerprint density at radius 3 is 2.54 bits per heavy atom. The molecule has 0 spiro atoms. The highest BCUT2D eigenvalue weighted by molar-refractivity contribution is 5.76. The molecule has 13 heavy (non-hydrogen) atoms. The standard InChI is InChI=1S/C11H17NO/c13-11(8-9-4-3-5-9)12-10-6-1-2-7-10/h1-2,9-10H,3-8H2,(H,12,13). The number of carbonyl (C=O) groups excluding carboxylic acids is 1. The molecule has 1 amide bonds. The summed E-state index contributed by atoms with van der Waals surface area (Å²) in [7, 11) is 0. The molecule has 0 aromatic heterocycles. The van der Waals surface area contributed by atoms with E-state index in [1.807, 2.05) is 0 Å². The van der Waals surface area contributed by atoms with Crippen LogP contribution in [0.25, 0.3) is 0 Å². The van der Waals surface area contributed by atoms with E-state index < -0.39 is 0 Å². The van der Waals surface area contributed by atoms with Crippen LogP contribution in [0, 0.1) is 5.92 Å². The molecule has 0 bridgehead atoms. The SMILES string of the molecule is O=C(CC1CCC1)NC1CC=CC1. The van der Waals surface area contributed by atoms with E-state index in [9.17, 15) is 4.79 Å². The van der Waals surface area contributed by atoms with Crippen LogP contribution in [0.1, 0.15) is 38.5 Å². The highest BCUT2D eigenvalue weighted by Gasteiger charge is 2.22. The Morgan fingerprint density at radius 1 is 1.31 bits per heavy atom. The molecule has 2 rings (SSSR count). The maximum Gasteiger partial charge on any atom is 0.220 e. The summed E-state index contributed by atoms with van der Waals surface area (Å²) in [5.41, 5.74) is 0. The first kappa shape index (κ1) is 8.79. The van der Waals surface area contributed by atoms with Gasteiger partial charge in [0.2, 0.25) is 5.91 Å². The van der Waals surface area contributed by atoms with E-state index in [4.69, 9.17) is 0 Å². The summed E-state index contributed by atoms with van der Waals surface area (Å²) >= 11 is 0. The van der Waals surface area contributed by atoms with Gasteiger partial charge in [-0.05, 0) is 31.6 Å². The Morgan fingerprint density at radius 2 is 2.00 bits per heavy atom. The molecule has 0 aliphatic heterocycles. The third-order valence-electron chi connectivity index (χ3n) is 3.07. The molecule has 1 saturated carbocycles. The van der Waals surface area contributed by atoms with Crippen LogP contribution in [-0.2, 0) is 4.79 Å². The molecule has 2 nitrogen and oxygen atoms in total. The molecule has 1 fully saturated rings. The van der Waals surface area contributed by atoms with Gasteiger partial charge in [-0.2, -0.15) is 0 Å². The largest absolute Gasteiger partial charge is 0.353 e. The van der Waals surface area contributed by atoms with Crippen LogP contribution in [0.5, 0.6) is 0 Å². The van der Waals surface area contributed by atoms with Gasteiger partial charge >= 0.3 is 0 Å². The zero-order valence-electron chi connectivity index (χ0n) is 7.96. The fourth-order valence-electron chi connectivity index (χ4n) is 1.98. The second kappa shape index (κ2) is 3.95. The summed E-state index contributed by atoms with van der Waals surface area (Å²) < 4.78 is 0. The summed E-state index contributed by atoms with van der Waals surface area (Å²) in [6, 6.07) is 0.396. The van der Waals surface area contributed by atoms with Crippen molar-refractivity contribution < 1.29 is 4.79 Å². The van der Waals surface area contributed by atoms with Gasteiger partial charge in [-0.3, -0.25) is 4.79 Å². The predicted molar refractivity (Wildman–Crippen MR) is 52.3 cm³/mol. The molecule has 0 radical (unpaired) electrons. The summed E-state index contributed by atoms with van der Waals surface area (Å²) in [6.45, 7) is 0. The predicted octanol–water partition coefficient (Wildman–Crippen LogP) is 2.01. The minimum atomic E-state index is 0.262. The molecule has 72 valence electrons. The normalized spacial score (nSPS) is 23.1. The maximum absolute atomic E-state index is 11.5. The summed E-state index contributed by atoms with van der Waals surface area (Å²) in [5.74, 6) is 0.952. The van der Waals surface area contributed by atoms with Crippen molar-refractivity contribution in [3.05, 3.63) is 12.2 Å². The van der Waals surface area contributed by atoms with E-state index in [1.165, 1.54) is 19.3 Å². The molecule has 0 unspecified atom stereocenters. The summed E-state index contributed by atoms with van der Waals surface area (Å²) in [6.07, 6.45) is 10.9. The molecule has 0 heterocycles. The van der Waals surface area contributed by atoms with Crippen LogP contribution in [0.15, 0.2) is 12.2 Å². The molecule has 2 aliphatic carbocycles. The van der Waals surface area contributed by atoms with E-state index in [0.717, 1.165) is 19.3 Å². The van der Waals surface area contributed by atoms with Gasteiger partial charge in [-0.1, -0.05) is 18.6 Å². The molecular formula is C11H17NO. The van der Waals surface area contributed by atoms with Crippen molar-refractivity contribution in [3.63, 3.8) is 0 Å². The smallest absolute Gasteiger partial charge is 0.220 e. The van der Waals surface area contributed by atoms with Gasteiger partial charge in [0, 0.05) is 12.5 Å². The summed E-state index contributed by atoms with van der Waals surface area (Å²) in [5, 5.41) is 3.08. The van der Waals surface area contributed by atoms with Crippen LogP contribution in [0.3, 0.4) is 0 Å². The summed E-state index contributed by atoms with van der Waals surface area (Å²) in [4.78, 5) is 11.5. The highest BCUT2D eigenvalue weighted by atomic mass is 16.1. The van der Waals surface area contributed by atoms with Gasteiger partial charge in [0.05, 0.1) is 0 Å². The molecule has 1 N–H and O–H groups in total. The van der Waals surface area contributed by atoms with Gasteiger partial charge in [0.25, 0.3) is 0 Å². The first-order valence-corrected chi connectivity index (χ1v) is 5.29. The van der Waals surface area contributed by atoms with E-state index in [2.05, 4.69) is 17.5 Å². The molecule has 0 aromatic rings. The third kappa shape index (κ3) is 2.33. The van der Waals surface area contributed by atoms with Gasteiger partial charge in [-0.25, -0.2) is 0 Å². The average Bonchev–Trinajstić information content (AvgIpc) is 2.49. The van der Waals surface area contributed by atoms with Crippen LogP contribution >= 0.6 is 0 Å². The van der Waals surface area contributed by atoms with Gasteiger partial charge in [0.1, 0.15) is 0 Å². The van der Waals surface area contributed by atoms with Crippen molar-refractivity contribution in [2.45, 2.75) is 44.6 Å². The monoisotopic (exact) mass is 179 g/mol. The molecule has 2 heteroatoms. The maximum atomic E-state index is 11.5. The lowest BCUT2D eigenvalue weighted by Gasteiger charge is -2.25. The first-order chi connectivity index (χ1) is 6.34. The van der Waals surface area contributed by atoms with Gasteiger partial charge in [0.15, 0.2) is 0 Å². The van der Waals surface area contributed by atoms with Gasteiger partial charge < -0.3 is 5.32 Å². The van der Waals surface area contributed by atoms with Crippen LogP contribution in [-0.4, -0.2) is 11.9 Å². The fraction of sp³-hybridized carbons (Fsp3) is 0.727. The molecule has 0 atom stereocenters. The zero-order chi connectivity index (χ0) is 9.10.